The van der Waals surface area contributed by atoms with Gasteiger partial charge in [-0.2, -0.15) is 0 Å². The first kappa shape index (κ1) is 77.4. The zero-order valence-corrected chi connectivity index (χ0v) is 53.9. The van der Waals surface area contributed by atoms with Crippen LogP contribution >= 0.6 is 0 Å². The molecule has 0 aromatic carbocycles. The summed E-state index contributed by atoms with van der Waals surface area (Å²) in [5.74, 6) is -0.838. The van der Waals surface area contributed by atoms with Crippen LogP contribution in [-0.4, -0.2) is 37.2 Å². The number of allylic oxidation sites excluding steroid dienone is 8. The van der Waals surface area contributed by atoms with E-state index in [9.17, 15) is 14.4 Å². The lowest BCUT2D eigenvalue weighted by molar-refractivity contribution is -0.167. The van der Waals surface area contributed by atoms with E-state index in [2.05, 4.69) is 69.4 Å². The van der Waals surface area contributed by atoms with E-state index in [0.717, 1.165) is 83.5 Å². The third-order valence-electron chi connectivity index (χ3n) is 16.1. The molecular weight excluding hydrogens is 985 g/mol. The van der Waals surface area contributed by atoms with Crippen molar-refractivity contribution in [3.8, 4) is 0 Å². The molecule has 0 saturated heterocycles. The first-order valence-electron chi connectivity index (χ1n) is 35.6. The summed E-state index contributed by atoms with van der Waals surface area (Å²) < 4.78 is 17.0. The molecule has 0 fully saturated rings. The van der Waals surface area contributed by atoms with Gasteiger partial charge in [0.15, 0.2) is 6.10 Å². The molecule has 0 rings (SSSR count). The molecule has 0 heterocycles. The Labute approximate surface area is 498 Å². The molecule has 0 aromatic heterocycles. The van der Waals surface area contributed by atoms with Gasteiger partial charge < -0.3 is 14.2 Å². The maximum Gasteiger partial charge on any atom is 0.306 e. The van der Waals surface area contributed by atoms with E-state index >= 15 is 0 Å². The predicted octanol–water partition coefficient (Wildman–Crippen LogP) is 24.5. The van der Waals surface area contributed by atoms with E-state index in [0.29, 0.717) is 19.3 Å². The number of rotatable bonds is 66. The molecule has 0 aromatic rings. The van der Waals surface area contributed by atoms with E-state index in [1.165, 1.54) is 263 Å². The van der Waals surface area contributed by atoms with Gasteiger partial charge in [0.05, 0.1) is 0 Å². The van der Waals surface area contributed by atoms with Crippen LogP contribution in [0.2, 0.25) is 0 Å². The third kappa shape index (κ3) is 66.2. The van der Waals surface area contributed by atoms with Crippen molar-refractivity contribution in [3.05, 3.63) is 48.6 Å². The van der Waals surface area contributed by atoms with Crippen molar-refractivity contribution < 1.29 is 28.6 Å². The first-order valence-corrected chi connectivity index (χ1v) is 35.6. The lowest BCUT2D eigenvalue weighted by atomic mass is 10.0. The van der Waals surface area contributed by atoms with Gasteiger partial charge in [0.25, 0.3) is 0 Å². The number of carbonyl (C=O) groups is 3. The van der Waals surface area contributed by atoms with Gasteiger partial charge in [-0.15, -0.1) is 0 Å². The van der Waals surface area contributed by atoms with Gasteiger partial charge in [0.1, 0.15) is 13.2 Å². The summed E-state index contributed by atoms with van der Waals surface area (Å²) in [6, 6.07) is 0. The standard InChI is InChI=1S/C74H136O6/c1-4-7-10-13-16-19-22-25-28-30-32-34-36-37-38-40-41-43-46-49-52-55-58-61-64-67-73(76)79-70-71(69-78-72(75)66-63-60-57-54-51-48-45-27-24-21-18-15-12-9-6-3)80-74(77)68-65-62-59-56-53-50-47-44-42-39-35-33-31-29-26-23-20-17-14-11-8-5-2/h7,10,16,19,25,28,32,34,71H,4-6,8-9,11-15,17-18,20-24,26-27,29-31,33,35-70H2,1-3H3/b10-7-,19-16-,28-25-,34-32-. The van der Waals surface area contributed by atoms with Crippen molar-refractivity contribution >= 4 is 17.9 Å². The molecule has 0 saturated carbocycles. The molecule has 0 amide bonds. The Morgan fingerprint density at radius 3 is 0.762 bits per heavy atom. The minimum atomic E-state index is -0.771. The zero-order chi connectivity index (χ0) is 57.8. The quantitative estimate of drug-likeness (QED) is 0.0261. The van der Waals surface area contributed by atoms with Crippen LogP contribution in [0.25, 0.3) is 0 Å². The minimum Gasteiger partial charge on any atom is -0.462 e. The molecule has 0 bridgehead atoms. The van der Waals surface area contributed by atoms with E-state index in [4.69, 9.17) is 14.2 Å². The fourth-order valence-corrected chi connectivity index (χ4v) is 10.8. The Kier molecular flexibility index (Phi) is 66.6. The van der Waals surface area contributed by atoms with Gasteiger partial charge in [-0.3, -0.25) is 14.4 Å². The second kappa shape index (κ2) is 68.9. The van der Waals surface area contributed by atoms with Gasteiger partial charge in [0, 0.05) is 19.3 Å². The third-order valence-corrected chi connectivity index (χ3v) is 16.1. The summed E-state index contributed by atoms with van der Waals surface area (Å²) in [6.45, 7) is 6.61. The molecule has 0 spiro atoms. The van der Waals surface area contributed by atoms with E-state index in [-0.39, 0.29) is 31.1 Å². The highest BCUT2D eigenvalue weighted by Gasteiger charge is 2.19. The number of unbranched alkanes of at least 4 members (excludes halogenated alkanes) is 47. The van der Waals surface area contributed by atoms with Gasteiger partial charge in [0.2, 0.25) is 0 Å². The molecule has 80 heavy (non-hydrogen) atoms. The number of hydrogen-bond donors (Lipinski definition) is 0. The lowest BCUT2D eigenvalue weighted by Gasteiger charge is -2.18. The molecule has 0 aliphatic carbocycles. The Morgan fingerprint density at radius 2 is 0.487 bits per heavy atom. The van der Waals surface area contributed by atoms with E-state index in [1.54, 1.807) is 0 Å². The molecule has 0 aliphatic rings. The van der Waals surface area contributed by atoms with Crippen LogP contribution in [0.5, 0.6) is 0 Å². The van der Waals surface area contributed by atoms with Crippen LogP contribution in [0.1, 0.15) is 387 Å². The summed E-state index contributed by atoms with van der Waals surface area (Å²) in [7, 11) is 0. The molecule has 0 radical (unpaired) electrons. The number of hydrogen-bond acceptors (Lipinski definition) is 6. The normalized spacial score (nSPS) is 12.3. The number of ether oxygens (including phenoxy) is 3. The largest absolute Gasteiger partial charge is 0.462 e. The fourth-order valence-electron chi connectivity index (χ4n) is 10.8. The van der Waals surface area contributed by atoms with Crippen LogP contribution in [0.3, 0.4) is 0 Å². The molecule has 6 heteroatoms. The minimum absolute atomic E-state index is 0.0668. The molecule has 0 N–H and O–H groups in total. The van der Waals surface area contributed by atoms with E-state index < -0.39 is 6.10 Å². The number of carbonyl (C=O) groups excluding carboxylic acids is 3. The van der Waals surface area contributed by atoms with Crippen LogP contribution in [0.15, 0.2) is 48.6 Å². The Hall–Kier alpha value is -2.63. The van der Waals surface area contributed by atoms with Crippen molar-refractivity contribution in [2.45, 2.75) is 393 Å². The lowest BCUT2D eigenvalue weighted by Crippen LogP contribution is -2.30. The van der Waals surface area contributed by atoms with Crippen molar-refractivity contribution in [2.75, 3.05) is 13.2 Å². The van der Waals surface area contributed by atoms with Crippen LogP contribution in [0.4, 0.5) is 0 Å². The topological polar surface area (TPSA) is 78.9 Å². The van der Waals surface area contributed by atoms with Gasteiger partial charge in [-0.1, -0.05) is 358 Å². The average molecular weight is 1120 g/mol. The highest BCUT2D eigenvalue weighted by molar-refractivity contribution is 5.71. The molecule has 0 aliphatic heterocycles. The number of esters is 3. The summed E-state index contributed by atoms with van der Waals surface area (Å²) in [5, 5.41) is 0. The van der Waals surface area contributed by atoms with Gasteiger partial charge in [-0.05, 0) is 57.8 Å². The van der Waals surface area contributed by atoms with Gasteiger partial charge in [-0.25, -0.2) is 0 Å². The summed E-state index contributed by atoms with van der Waals surface area (Å²) >= 11 is 0. The van der Waals surface area contributed by atoms with E-state index in [1.807, 2.05) is 0 Å². The molecule has 6 nitrogen and oxygen atoms in total. The Morgan fingerprint density at radius 1 is 0.263 bits per heavy atom. The van der Waals surface area contributed by atoms with Crippen molar-refractivity contribution in [3.63, 3.8) is 0 Å². The first-order chi connectivity index (χ1) is 39.5. The second-order valence-corrected chi connectivity index (χ2v) is 24.1. The monoisotopic (exact) mass is 1120 g/mol. The summed E-state index contributed by atoms with van der Waals surface area (Å²) in [5.41, 5.74) is 0. The molecular formula is C74H136O6. The Bertz CT molecular complexity index is 1380. The highest BCUT2D eigenvalue weighted by Crippen LogP contribution is 2.19. The van der Waals surface area contributed by atoms with Crippen LogP contribution in [-0.2, 0) is 28.6 Å². The second-order valence-electron chi connectivity index (χ2n) is 24.1. The Balaban J connectivity index is 4.27. The average Bonchev–Trinajstić information content (AvgIpc) is 3.46. The predicted molar refractivity (Wildman–Crippen MR) is 349 cm³/mol. The molecule has 1 unspecified atom stereocenters. The highest BCUT2D eigenvalue weighted by atomic mass is 16.6. The smallest absolute Gasteiger partial charge is 0.306 e. The molecule has 1 atom stereocenters. The summed E-state index contributed by atoms with van der Waals surface area (Å²) in [4.78, 5) is 38.5. The SMILES string of the molecule is CC/C=C\C/C=C\C/C=C\C/C=C\CCCCCCCCCCCCCCC(=O)OCC(COC(=O)CCCCCCCCCCCCCCCCC)OC(=O)CCCCCCCCCCCCCCCCCCCCCCCC. The van der Waals surface area contributed by atoms with Crippen LogP contribution in [0, 0.1) is 0 Å². The van der Waals surface area contributed by atoms with Crippen molar-refractivity contribution in [1.82, 2.24) is 0 Å². The maximum atomic E-state index is 13.0. The van der Waals surface area contributed by atoms with Crippen molar-refractivity contribution in [1.29, 1.82) is 0 Å². The summed E-state index contributed by atoms with van der Waals surface area (Å²) in [6.07, 6.45) is 87.1. The van der Waals surface area contributed by atoms with Crippen molar-refractivity contribution in [2.24, 2.45) is 0 Å². The maximum absolute atomic E-state index is 13.0. The zero-order valence-electron chi connectivity index (χ0n) is 53.9. The fraction of sp³-hybridized carbons (Fsp3) is 0.851. The molecule has 468 valence electrons. The van der Waals surface area contributed by atoms with Gasteiger partial charge >= 0.3 is 17.9 Å². The van der Waals surface area contributed by atoms with Crippen LogP contribution < -0.4 is 0 Å².